The standard InChI is InChI=1S/C13H19N/c1-4-11(2)10-13(14-3)12-8-6-5-7-9-12/h5-9,13-14H,2,4,10H2,1,3H3. The number of benzene rings is 1. The highest BCUT2D eigenvalue weighted by atomic mass is 14.9. The molecule has 0 heterocycles. The summed E-state index contributed by atoms with van der Waals surface area (Å²) in [6.45, 7) is 6.20. The molecule has 1 atom stereocenters. The first-order valence-corrected chi connectivity index (χ1v) is 5.16. The quantitative estimate of drug-likeness (QED) is 0.701. The lowest BCUT2D eigenvalue weighted by Gasteiger charge is -2.17. The van der Waals surface area contributed by atoms with Crippen LogP contribution < -0.4 is 5.32 Å². The van der Waals surface area contributed by atoms with Gasteiger partial charge in [0.15, 0.2) is 0 Å². The fraction of sp³-hybridized carbons (Fsp3) is 0.385. The van der Waals surface area contributed by atoms with E-state index in [1.807, 2.05) is 13.1 Å². The van der Waals surface area contributed by atoms with E-state index in [4.69, 9.17) is 0 Å². The van der Waals surface area contributed by atoms with Crippen LogP contribution in [0.2, 0.25) is 0 Å². The molecule has 0 aliphatic rings. The Kier molecular flexibility index (Phi) is 4.41. The Balaban J connectivity index is 2.68. The van der Waals surface area contributed by atoms with Gasteiger partial charge in [-0.15, -0.1) is 0 Å². The lowest BCUT2D eigenvalue weighted by molar-refractivity contribution is 0.583. The molecule has 1 nitrogen and oxygen atoms in total. The van der Waals surface area contributed by atoms with Crippen LogP contribution >= 0.6 is 0 Å². The van der Waals surface area contributed by atoms with Crippen molar-refractivity contribution in [3.8, 4) is 0 Å². The SMILES string of the molecule is C=C(CC)CC(NC)c1ccccc1. The highest BCUT2D eigenvalue weighted by Gasteiger charge is 2.08. The maximum atomic E-state index is 4.05. The topological polar surface area (TPSA) is 12.0 Å². The van der Waals surface area contributed by atoms with Gasteiger partial charge in [-0.3, -0.25) is 0 Å². The van der Waals surface area contributed by atoms with Gasteiger partial charge in [-0.25, -0.2) is 0 Å². The van der Waals surface area contributed by atoms with Crippen molar-refractivity contribution in [1.82, 2.24) is 5.32 Å². The summed E-state index contributed by atoms with van der Waals surface area (Å²) in [5, 5.41) is 3.32. The van der Waals surface area contributed by atoms with E-state index in [9.17, 15) is 0 Å². The minimum Gasteiger partial charge on any atom is -0.313 e. The summed E-state index contributed by atoms with van der Waals surface area (Å²) in [6.07, 6.45) is 2.09. The van der Waals surface area contributed by atoms with Gasteiger partial charge in [-0.2, -0.15) is 0 Å². The van der Waals surface area contributed by atoms with E-state index < -0.39 is 0 Å². The molecule has 76 valence electrons. The van der Waals surface area contributed by atoms with Crippen LogP contribution in [0.1, 0.15) is 31.4 Å². The molecule has 1 N–H and O–H groups in total. The predicted octanol–water partition coefficient (Wildman–Crippen LogP) is 3.30. The normalized spacial score (nSPS) is 12.4. The van der Waals surface area contributed by atoms with Crippen molar-refractivity contribution in [1.29, 1.82) is 0 Å². The summed E-state index contributed by atoms with van der Waals surface area (Å²) in [5.41, 5.74) is 2.64. The van der Waals surface area contributed by atoms with E-state index in [2.05, 4.69) is 43.1 Å². The molecule has 0 bridgehead atoms. The molecule has 0 aromatic heterocycles. The van der Waals surface area contributed by atoms with Gasteiger partial charge in [0, 0.05) is 6.04 Å². The van der Waals surface area contributed by atoms with Crippen LogP contribution in [-0.2, 0) is 0 Å². The third kappa shape index (κ3) is 3.00. The maximum absolute atomic E-state index is 4.05. The lowest BCUT2D eigenvalue weighted by Crippen LogP contribution is -2.16. The van der Waals surface area contributed by atoms with Crippen molar-refractivity contribution in [3.63, 3.8) is 0 Å². The van der Waals surface area contributed by atoms with Gasteiger partial charge in [-0.05, 0) is 25.5 Å². The van der Waals surface area contributed by atoms with Crippen LogP contribution in [0.25, 0.3) is 0 Å². The smallest absolute Gasteiger partial charge is 0.0355 e. The summed E-state index contributed by atoms with van der Waals surface area (Å²) in [7, 11) is 2.00. The maximum Gasteiger partial charge on any atom is 0.0355 e. The summed E-state index contributed by atoms with van der Waals surface area (Å²) < 4.78 is 0. The second-order valence-electron chi connectivity index (χ2n) is 3.56. The lowest BCUT2D eigenvalue weighted by atomic mass is 9.99. The van der Waals surface area contributed by atoms with Crippen molar-refractivity contribution in [3.05, 3.63) is 48.0 Å². The largest absolute Gasteiger partial charge is 0.313 e. The average Bonchev–Trinajstić information content (AvgIpc) is 2.26. The molecule has 1 rings (SSSR count). The summed E-state index contributed by atoms with van der Waals surface area (Å²) in [6, 6.07) is 10.9. The van der Waals surface area contributed by atoms with Gasteiger partial charge in [0.2, 0.25) is 0 Å². The Hall–Kier alpha value is -1.08. The van der Waals surface area contributed by atoms with Crippen LogP contribution in [0.15, 0.2) is 42.5 Å². The molecule has 1 heteroatoms. The van der Waals surface area contributed by atoms with Crippen LogP contribution in [0.4, 0.5) is 0 Å². The molecule has 14 heavy (non-hydrogen) atoms. The first-order valence-electron chi connectivity index (χ1n) is 5.16. The van der Waals surface area contributed by atoms with Gasteiger partial charge in [0.25, 0.3) is 0 Å². The summed E-state index contributed by atoms with van der Waals surface area (Å²) in [4.78, 5) is 0. The molecule has 0 fully saturated rings. The molecule has 0 spiro atoms. The van der Waals surface area contributed by atoms with Gasteiger partial charge in [0.05, 0.1) is 0 Å². The molecule has 0 saturated carbocycles. The number of nitrogens with one attached hydrogen (secondary N) is 1. The van der Waals surface area contributed by atoms with E-state index in [1.54, 1.807) is 0 Å². The van der Waals surface area contributed by atoms with Crippen molar-refractivity contribution < 1.29 is 0 Å². The van der Waals surface area contributed by atoms with Crippen LogP contribution in [0.3, 0.4) is 0 Å². The molecule has 1 aromatic carbocycles. The zero-order chi connectivity index (χ0) is 10.4. The highest BCUT2D eigenvalue weighted by molar-refractivity contribution is 5.20. The Labute approximate surface area is 86.8 Å². The van der Waals surface area contributed by atoms with E-state index in [0.717, 1.165) is 12.8 Å². The van der Waals surface area contributed by atoms with Gasteiger partial charge in [0.1, 0.15) is 0 Å². The molecular weight excluding hydrogens is 170 g/mol. The highest BCUT2D eigenvalue weighted by Crippen LogP contribution is 2.20. The molecule has 0 saturated heterocycles. The monoisotopic (exact) mass is 189 g/mol. The summed E-state index contributed by atoms with van der Waals surface area (Å²) >= 11 is 0. The Bertz CT molecular complexity index is 277. The first-order chi connectivity index (χ1) is 6.77. The third-order valence-corrected chi connectivity index (χ3v) is 2.54. The van der Waals surface area contributed by atoms with E-state index >= 15 is 0 Å². The zero-order valence-corrected chi connectivity index (χ0v) is 9.09. The van der Waals surface area contributed by atoms with Crippen LogP contribution in [0, 0.1) is 0 Å². The minimum atomic E-state index is 0.406. The van der Waals surface area contributed by atoms with Crippen molar-refractivity contribution >= 4 is 0 Å². The van der Waals surface area contributed by atoms with Crippen molar-refractivity contribution in [2.24, 2.45) is 0 Å². The molecule has 0 aliphatic heterocycles. The van der Waals surface area contributed by atoms with Crippen molar-refractivity contribution in [2.75, 3.05) is 7.05 Å². The molecule has 1 aromatic rings. The average molecular weight is 189 g/mol. The molecule has 1 unspecified atom stereocenters. The molecule has 0 aliphatic carbocycles. The zero-order valence-electron chi connectivity index (χ0n) is 9.09. The fourth-order valence-corrected chi connectivity index (χ4v) is 1.50. The van der Waals surface area contributed by atoms with Gasteiger partial charge in [-0.1, -0.05) is 49.4 Å². The molecule has 0 radical (unpaired) electrons. The van der Waals surface area contributed by atoms with Crippen LogP contribution in [0.5, 0.6) is 0 Å². The Morgan fingerprint density at radius 3 is 2.50 bits per heavy atom. The Morgan fingerprint density at radius 1 is 1.36 bits per heavy atom. The molecular formula is C13H19N. The second kappa shape index (κ2) is 5.61. The number of hydrogen-bond acceptors (Lipinski definition) is 1. The second-order valence-corrected chi connectivity index (χ2v) is 3.56. The third-order valence-electron chi connectivity index (χ3n) is 2.54. The van der Waals surface area contributed by atoms with Crippen LogP contribution in [-0.4, -0.2) is 7.05 Å². The van der Waals surface area contributed by atoms with E-state index in [-0.39, 0.29) is 0 Å². The number of hydrogen-bond donors (Lipinski definition) is 1. The minimum absolute atomic E-state index is 0.406. The Morgan fingerprint density at radius 2 is 2.00 bits per heavy atom. The van der Waals surface area contributed by atoms with E-state index in [0.29, 0.717) is 6.04 Å². The fourth-order valence-electron chi connectivity index (χ4n) is 1.50. The first kappa shape index (κ1) is 11.0. The van der Waals surface area contributed by atoms with E-state index in [1.165, 1.54) is 11.1 Å². The van der Waals surface area contributed by atoms with Gasteiger partial charge >= 0.3 is 0 Å². The van der Waals surface area contributed by atoms with Gasteiger partial charge < -0.3 is 5.32 Å². The molecule has 0 amide bonds. The van der Waals surface area contributed by atoms with Crippen molar-refractivity contribution in [2.45, 2.75) is 25.8 Å². The summed E-state index contributed by atoms with van der Waals surface area (Å²) in [5.74, 6) is 0. The predicted molar refractivity (Wildman–Crippen MR) is 62.3 cm³/mol. The number of rotatable bonds is 5.